The number of hydrogen-bond donors (Lipinski definition) is 1. The van der Waals surface area contributed by atoms with Crippen LogP contribution >= 0.6 is 12.2 Å². The van der Waals surface area contributed by atoms with Gasteiger partial charge in [0.05, 0.1) is 20.3 Å². The number of methoxy groups -OCH3 is 2. The molecule has 0 radical (unpaired) electrons. The Bertz CT molecular complexity index is 737. The van der Waals surface area contributed by atoms with Crippen molar-refractivity contribution in [3.05, 3.63) is 29.8 Å². The maximum Gasteiger partial charge on any atom is 0.250 e. The second-order valence-electron chi connectivity index (χ2n) is 5.98. The van der Waals surface area contributed by atoms with Crippen molar-refractivity contribution in [1.82, 2.24) is 15.1 Å². The fraction of sp³-hybridized carbons (Fsp3) is 0.421. The number of benzene rings is 1. The lowest BCUT2D eigenvalue weighted by atomic mass is 10.2. The quantitative estimate of drug-likeness (QED) is 0.586. The number of nitriles is 1. The molecule has 7 nitrogen and oxygen atoms in total. The van der Waals surface area contributed by atoms with Gasteiger partial charge >= 0.3 is 0 Å². The van der Waals surface area contributed by atoms with Gasteiger partial charge < -0.3 is 14.4 Å². The molecule has 0 unspecified atom stereocenters. The third-order valence-electron chi connectivity index (χ3n) is 4.26. The van der Waals surface area contributed by atoms with Gasteiger partial charge in [-0.1, -0.05) is 6.07 Å². The molecule has 1 aliphatic rings. The fourth-order valence-electron chi connectivity index (χ4n) is 2.74. The van der Waals surface area contributed by atoms with Gasteiger partial charge in [-0.05, 0) is 36.0 Å². The van der Waals surface area contributed by atoms with E-state index in [2.05, 4.69) is 16.3 Å². The predicted molar refractivity (Wildman–Crippen MR) is 108 cm³/mol. The SMILES string of the molecule is COc1ccc(/C=C/C(=O)NC(=S)N2CCN(CCC#N)CC2)cc1OC. The molecule has 1 N–H and O–H groups in total. The first-order valence-electron chi connectivity index (χ1n) is 8.66. The largest absolute Gasteiger partial charge is 0.493 e. The van der Waals surface area contributed by atoms with E-state index in [1.54, 1.807) is 32.4 Å². The number of nitrogens with one attached hydrogen (secondary N) is 1. The Kier molecular flexibility index (Phi) is 8.04. The zero-order valence-corrected chi connectivity index (χ0v) is 16.4. The van der Waals surface area contributed by atoms with Crippen molar-refractivity contribution in [2.75, 3.05) is 46.9 Å². The third-order valence-corrected chi connectivity index (χ3v) is 4.62. The van der Waals surface area contributed by atoms with E-state index in [-0.39, 0.29) is 5.91 Å². The van der Waals surface area contributed by atoms with Crippen molar-refractivity contribution in [2.24, 2.45) is 0 Å². The normalized spacial score (nSPS) is 14.6. The number of nitrogens with zero attached hydrogens (tertiary/aromatic N) is 3. The molecule has 1 saturated heterocycles. The van der Waals surface area contributed by atoms with Crippen LogP contribution in [-0.4, -0.2) is 67.8 Å². The van der Waals surface area contributed by atoms with Crippen LogP contribution in [0.15, 0.2) is 24.3 Å². The Labute approximate surface area is 165 Å². The van der Waals surface area contributed by atoms with Gasteiger partial charge in [-0.25, -0.2) is 0 Å². The molecule has 0 aliphatic carbocycles. The van der Waals surface area contributed by atoms with Gasteiger partial charge in [-0.3, -0.25) is 15.0 Å². The van der Waals surface area contributed by atoms with Crippen LogP contribution in [0, 0.1) is 11.3 Å². The van der Waals surface area contributed by atoms with Crippen LogP contribution in [0.25, 0.3) is 6.08 Å². The number of thiocarbonyl (C=S) groups is 1. The van der Waals surface area contributed by atoms with Crippen LogP contribution in [0.1, 0.15) is 12.0 Å². The van der Waals surface area contributed by atoms with E-state index >= 15 is 0 Å². The zero-order valence-electron chi connectivity index (χ0n) is 15.6. The van der Waals surface area contributed by atoms with Crippen LogP contribution in [0.2, 0.25) is 0 Å². The summed E-state index contributed by atoms with van der Waals surface area (Å²) in [5.74, 6) is 0.959. The molecule has 1 amide bonds. The van der Waals surface area contributed by atoms with Gasteiger partial charge in [0.15, 0.2) is 16.6 Å². The highest BCUT2D eigenvalue weighted by Crippen LogP contribution is 2.27. The van der Waals surface area contributed by atoms with Crippen molar-refractivity contribution in [1.29, 1.82) is 5.26 Å². The lowest BCUT2D eigenvalue weighted by Gasteiger charge is -2.35. The minimum atomic E-state index is -0.276. The van der Waals surface area contributed by atoms with E-state index < -0.39 is 0 Å². The summed E-state index contributed by atoms with van der Waals surface area (Å²) < 4.78 is 10.4. The summed E-state index contributed by atoms with van der Waals surface area (Å²) in [6.07, 6.45) is 3.67. The average molecular weight is 388 g/mol. The van der Waals surface area contributed by atoms with Gasteiger partial charge in [0.25, 0.3) is 0 Å². The minimum absolute atomic E-state index is 0.276. The lowest BCUT2D eigenvalue weighted by molar-refractivity contribution is -0.115. The molecule has 0 saturated carbocycles. The van der Waals surface area contributed by atoms with Gasteiger partial charge in [0.2, 0.25) is 5.91 Å². The van der Waals surface area contributed by atoms with Crippen molar-refractivity contribution in [3.63, 3.8) is 0 Å². The molecule has 144 valence electrons. The second-order valence-corrected chi connectivity index (χ2v) is 6.37. The second kappa shape index (κ2) is 10.5. The van der Waals surface area contributed by atoms with E-state index in [4.69, 9.17) is 27.0 Å². The number of ether oxygens (including phenoxy) is 2. The maximum atomic E-state index is 12.1. The van der Waals surface area contributed by atoms with E-state index in [0.29, 0.717) is 23.0 Å². The van der Waals surface area contributed by atoms with Crippen molar-refractivity contribution >= 4 is 29.3 Å². The first-order chi connectivity index (χ1) is 13.1. The van der Waals surface area contributed by atoms with Crippen LogP contribution in [0.5, 0.6) is 11.5 Å². The van der Waals surface area contributed by atoms with Crippen molar-refractivity contribution in [2.45, 2.75) is 6.42 Å². The third kappa shape index (κ3) is 6.24. The number of hydrogen-bond acceptors (Lipinski definition) is 6. The molecule has 2 rings (SSSR count). The molecule has 1 heterocycles. The fourth-order valence-corrected chi connectivity index (χ4v) is 3.02. The summed E-state index contributed by atoms with van der Waals surface area (Å²) in [7, 11) is 3.14. The lowest BCUT2D eigenvalue weighted by Crippen LogP contribution is -2.52. The van der Waals surface area contributed by atoms with Crippen molar-refractivity contribution in [3.8, 4) is 17.6 Å². The van der Waals surface area contributed by atoms with Gasteiger partial charge in [-0.2, -0.15) is 5.26 Å². The summed E-state index contributed by atoms with van der Waals surface area (Å²) in [6, 6.07) is 7.57. The molecule has 0 aromatic heterocycles. The molecule has 0 spiro atoms. The highest BCUT2D eigenvalue weighted by Gasteiger charge is 2.19. The van der Waals surface area contributed by atoms with Crippen molar-refractivity contribution < 1.29 is 14.3 Å². The molecule has 1 aromatic rings. The summed E-state index contributed by atoms with van der Waals surface area (Å²) in [5, 5.41) is 11.8. The maximum absolute atomic E-state index is 12.1. The number of amides is 1. The smallest absolute Gasteiger partial charge is 0.250 e. The molecule has 27 heavy (non-hydrogen) atoms. The Morgan fingerprint density at radius 3 is 2.59 bits per heavy atom. The molecule has 0 atom stereocenters. The molecule has 0 bridgehead atoms. The number of rotatable bonds is 6. The van der Waals surface area contributed by atoms with Gasteiger partial charge in [0, 0.05) is 45.2 Å². The monoisotopic (exact) mass is 388 g/mol. The van der Waals surface area contributed by atoms with Crippen LogP contribution in [0.3, 0.4) is 0 Å². The standard InChI is InChI=1S/C19H24N4O3S/c1-25-16-6-4-15(14-17(16)26-2)5-7-18(24)21-19(27)23-12-10-22(11-13-23)9-3-8-20/h4-7,14H,3,9-13H2,1-2H3,(H,21,24,27)/b7-5+. The Hall–Kier alpha value is -2.63. The molecule has 8 heteroatoms. The van der Waals surface area contributed by atoms with Crippen LogP contribution in [0.4, 0.5) is 0 Å². The van der Waals surface area contributed by atoms with E-state index in [9.17, 15) is 4.79 Å². The number of carbonyl (C=O) groups is 1. The van der Waals surface area contributed by atoms with Crippen LogP contribution < -0.4 is 14.8 Å². The van der Waals surface area contributed by atoms with Gasteiger partial charge in [-0.15, -0.1) is 0 Å². The molecular formula is C19H24N4O3S. The molecular weight excluding hydrogens is 364 g/mol. The zero-order chi connectivity index (χ0) is 19.6. The number of piperazine rings is 1. The first kappa shape index (κ1) is 20.7. The Balaban J connectivity index is 1.84. The summed E-state index contributed by atoms with van der Waals surface area (Å²) >= 11 is 5.33. The van der Waals surface area contributed by atoms with E-state index in [1.165, 1.54) is 6.08 Å². The molecule has 1 aromatic carbocycles. The highest BCUT2D eigenvalue weighted by atomic mass is 32.1. The van der Waals surface area contributed by atoms with E-state index in [1.807, 2.05) is 11.0 Å². The first-order valence-corrected chi connectivity index (χ1v) is 9.07. The molecule has 1 fully saturated rings. The topological polar surface area (TPSA) is 77.8 Å². The Morgan fingerprint density at radius 2 is 1.96 bits per heavy atom. The summed E-state index contributed by atoms with van der Waals surface area (Å²) in [6.45, 7) is 3.92. The average Bonchev–Trinajstić information content (AvgIpc) is 2.70. The summed E-state index contributed by atoms with van der Waals surface area (Å²) in [5.41, 5.74) is 0.819. The number of carbonyl (C=O) groups excluding carboxylic acids is 1. The van der Waals surface area contributed by atoms with Crippen LogP contribution in [-0.2, 0) is 4.79 Å². The minimum Gasteiger partial charge on any atom is -0.493 e. The highest BCUT2D eigenvalue weighted by molar-refractivity contribution is 7.80. The van der Waals surface area contributed by atoms with Gasteiger partial charge in [0.1, 0.15) is 0 Å². The molecule has 1 aliphatic heterocycles. The summed E-state index contributed by atoms with van der Waals surface area (Å²) in [4.78, 5) is 16.3. The van der Waals surface area contributed by atoms with E-state index in [0.717, 1.165) is 38.3 Å². The predicted octanol–water partition coefficient (Wildman–Crippen LogP) is 1.65. The Morgan fingerprint density at radius 1 is 1.26 bits per heavy atom.